The second-order valence-corrected chi connectivity index (χ2v) is 6.37. The number of rotatable bonds is 10. The van der Waals surface area contributed by atoms with Crippen LogP contribution in [0, 0.1) is 5.92 Å². The van der Waals surface area contributed by atoms with Gasteiger partial charge >= 0.3 is 0 Å². The molecule has 1 rings (SSSR count). The van der Waals surface area contributed by atoms with E-state index in [0.717, 1.165) is 49.5 Å². The molecule has 1 heterocycles. The van der Waals surface area contributed by atoms with Gasteiger partial charge in [-0.1, -0.05) is 33.6 Å². The van der Waals surface area contributed by atoms with E-state index in [9.17, 15) is 4.79 Å². The first-order valence-corrected chi connectivity index (χ1v) is 8.99. The van der Waals surface area contributed by atoms with Crippen molar-refractivity contribution in [2.24, 2.45) is 5.92 Å². The second-order valence-electron chi connectivity index (χ2n) is 5.52. The van der Waals surface area contributed by atoms with E-state index in [1.165, 1.54) is 11.3 Å². The summed E-state index contributed by atoms with van der Waals surface area (Å²) >= 11 is 1.51. The molecule has 1 aromatic heterocycles. The van der Waals surface area contributed by atoms with Crippen LogP contribution in [0.3, 0.4) is 0 Å². The van der Waals surface area contributed by atoms with Crippen LogP contribution >= 0.6 is 11.3 Å². The predicted molar refractivity (Wildman–Crippen MR) is 90.8 cm³/mol. The largest absolute Gasteiger partial charge is 0.309 e. The highest BCUT2D eigenvalue weighted by Crippen LogP contribution is 2.22. The molecule has 0 saturated carbocycles. The van der Waals surface area contributed by atoms with Crippen LogP contribution in [-0.4, -0.2) is 17.4 Å². The lowest BCUT2D eigenvalue weighted by atomic mass is 9.97. The van der Waals surface area contributed by atoms with Crippen LogP contribution in [0.5, 0.6) is 0 Å². The molecule has 0 aliphatic heterocycles. The first kappa shape index (κ1) is 18.1. The van der Waals surface area contributed by atoms with Gasteiger partial charge in [-0.05, 0) is 32.7 Å². The first-order chi connectivity index (χ1) is 10.1. The molecule has 0 fully saturated rings. The lowest BCUT2D eigenvalue weighted by Crippen LogP contribution is -2.23. The van der Waals surface area contributed by atoms with Crippen molar-refractivity contribution < 1.29 is 4.79 Å². The highest BCUT2D eigenvalue weighted by atomic mass is 32.1. The number of anilines is 1. The Hall–Kier alpha value is -0.940. The Labute approximate surface area is 132 Å². The van der Waals surface area contributed by atoms with Crippen molar-refractivity contribution >= 4 is 22.4 Å². The Morgan fingerprint density at radius 3 is 2.48 bits per heavy atom. The number of carbonyl (C=O) groups excluding carboxylic acids is 1. The number of nitrogens with one attached hydrogen (secondary N) is 2. The van der Waals surface area contributed by atoms with Gasteiger partial charge in [-0.25, -0.2) is 4.98 Å². The summed E-state index contributed by atoms with van der Waals surface area (Å²) in [6.07, 6.45) is 5.09. The third-order valence-electron chi connectivity index (χ3n) is 3.54. The molecule has 0 bridgehead atoms. The summed E-state index contributed by atoms with van der Waals surface area (Å²) in [7, 11) is 0. The van der Waals surface area contributed by atoms with Crippen molar-refractivity contribution in [1.29, 1.82) is 0 Å². The van der Waals surface area contributed by atoms with E-state index >= 15 is 0 Å². The quantitative estimate of drug-likeness (QED) is 0.675. The molecule has 4 nitrogen and oxygen atoms in total. The van der Waals surface area contributed by atoms with E-state index < -0.39 is 0 Å². The Balaban J connectivity index is 2.58. The molecule has 5 heteroatoms. The van der Waals surface area contributed by atoms with Crippen LogP contribution in [0.15, 0.2) is 5.38 Å². The third kappa shape index (κ3) is 6.14. The van der Waals surface area contributed by atoms with Gasteiger partial charge in [0, 0.05) is 17.3 Å². The predicted octanol–water partition coefficient (Wildman–Crippen LogP) is 4.36. The summed E-state index contributed by atoms with van der Waals surface area (Å²) in [5.74, 6) is 0.233. The second kappa shape index (κ2) is 9.90. The minimum atomic E-state index is 0.114. The number of nitrogens with zero attached hydrogens (tertiary/aromatic N) is 1. The van der Waals surface area contributed by atoms with Crippen molar-refractivity contribution in [3.05, 3.63) is 11.1 Å². The Morgan fingerprint density at radius 1 is 1.24 bits per heavy atom. The summed E-state index contributed by atoms with van der Waals surface area (Å²) in [5.41, 5.74) is 1.01. The van der Waals surface area contributed by atoms with Gasteiger partial charge in [0.15, 0.2) is 5.13 Å². The van der Waals surface area contributed by atoms with Gasteiger partial charge in [0.25, 0.3) is 0 Å². The number of hydrogen-bond acceptors (Lipinski definition) is 4. The summed E-state index contributed by atoms with van der Waals surface area (Å²) in [5, 5.41) is 9.14. The van der Waals surface area contributed by atoms with Crippen LogP contribution in [-0.2, 0) is 4.79 Å². The SMILES string of the molecule is CCCNC(C)c1csc(NC(=O)C(CCC)CCC)n1. The fraction of sp³-hybridized carbons (Fsp3) is 0.750. The molecular weight excluding hydrogens is 282 g/mol. The zero-order chi connectivity index (χ0) is 15.7. The van der Waals surface area contributed by atoms with Gasteiger partial charge in [-0.3, -0.25) is 4.79 Å². The van der Waals surface area contributed by atoms with Crippen molar-refractivity contribution in [2.75, 3.05) is 11.9 Å². The van der Waals surface area contributed by atoms with Gasteiger partial charge in [-0.2, -0.15) is 0 Å². The number of hydrogen-bond donors (Lipinski definition) is 2. The Kier molecular flexibility index (Phi) is 8.54. The molecule has 0 aliphatic rings. The summed E-state index contributed by atoms with van der Waals surface area (Å²) in [4.78, 5) is 16.8. The molecular formula is C16H29N3OS. The summed E-state index contributed by atoms with van der Waals surface area (Å²) < 4.78 is 0. The van der Waals surface area contributed by atoms with Crippen LogP contribution in [0.25, 0.3) is 0 Å². The minimum absolute atomic E-state index is 0.114. The van der Waals surface area contributed by atoms with Crippen LogP contribution in [0.4, 0.5) is 5.13 Å². The molecule has 1 amide bonds. The van der Waals surface area contributed by atoms with E-state index in [1.54, 1.807) is 0 Å². The average molecular weight is 311 g/mol. The van der Waals surface area contributed by atoms with E-state index in [1.807, 2.05) is 5.38 Å². The standard InChI is InChI=1S/C16H29N3OS/c1-5-8-13(9-6-2)15(20)19-16-18-14(11-21-16)12(4)17-10-7-3/h11-13,17H,5-10H2,1-4H3,(H,18,19,20). The zero-order valence-electron chi connectivity index (χ0n) is 13.7. The van der Waals surface area contributed by atoms with E-state index in [-0.39, 0.29) is 17.9 Å². The molecule has 120 valence electrons. The molecule has 1 unspecified atom stereocenters. The third-order valence-corrected chi connectivity index (χ3v) is 4.32. The molecule has 0 aliphatic carbocycles. The Bertz CT molecular complexity index is 413. The Morgan fingerprint density at radius 2 is 1.90 bits per heavy atom. The van der Waals surface area contributed by atoms with Gasteiger partial charge in [-0.15, -0.1) is 11.3 Å². The molecule has 0 aromatic carbocycles. The lowest BCUT2D eigenvalue weighted by Gasteiger charge is -2.14. The fourth-order valence-electron chi connectivity index (χ4n) is 2.32. The maximum Gasteiger partial charge on any atom is 0.229 e. The highest BCUT2D eigenvalue weighted by Gasteiger charge is 2.18. The lowest BCUT2D eigenvalue weighted by molar-refractivity contribution is -0.120. The van der Waals surface area contributed by atoms with Gasteiger partial charge < -0.3 is 10.6 Å². The smallest absolute Gasteiger partial charge is 0.229 e. The molecule has 1 aromatic rings. The van der Waals surface area contributed by atoms with Gasteiger partial charge in [0.2, 0.25) is 5.91 Å². The summed E-state index contributed by atoms with van der Waals surface area (Å²) in [6.45, 7) is 9.48. The van der Waals surface area contributed by atoms with Crippen molar-refractivity contribution in [3.8, 4) is 0 Å². The van der Waals surface area contributed by atoms with Crippen LogP contribution in [0.1, 0.15) is 71.5 Å². The van der Waals surface area contributed by atoms with Crippen molar-refractivity contribution in [3.63, 3.8) is 0 Å². The molecule has 0 saturated heterocycles. The maximum absolute atomic E-state index is 12.3. The van der Waals surface area contributed by atoms with Crippen LogP contribution < -0.4 is 10.6 Å². The highest BCUT2D eigenvalue weighted by molar-refractivity contribution is 7.13. The number of aromatic nitrogens is 1. The van der Waals surface area contributed by atoms with E-state index in [2.05, 4.69) is 43.3 Å². The van der Waals surface area contributed by atoms with E-state index in [4.69, 9.17) is 0 Å². The van der Waals surface area contributed by atoms with Gasteiger partial charge in [0.1, 0.15) is 0 Å². The molecule has 1 atom stereocenters. The minimum Gasteiger partial charge on any atom is -0.309 e. The van der Waals surface area contributed by atoms with Crippen molar-refractivity contribution in [2.45, 2.75) is 65.8 Å². The molecule has 21 heavy (non-hydrogen) atoms. The molecule has 0 spiro atoms. The van der Waals surface area contributed by atoms with Crippen molar-refractivity contribution in [1.82, 2.24) is 10.3 Å². The number of thiazole rings is 1. The number of carbonyl (C=O) groups is 1. The zero-order valence-corrected chi connectivity index (χ0v) is 14.6. The fourth-order valence-corrected chi connectivity index (χ4v) is 3.13. The van der Waals surface area contributed by atoms with Crippen LogP contribution in [0.2, 0.25) is 0 Å². The maximum atomic E-state index is 12.3. The monoisotopic (exact) mass is 311 g/mol. The number of amides is 1. The normalized spacial score (nSPS) is 12.6. The molecule has 2 N–H and O–H groups in total. The molecule has 0 radical (unpaired) electrons. The topological polar surface area (TPSA) is 54.0 Å². The van der Waals surface area contributed by atoms with Gasteiger partial charge in [0.05, 0.1) is 5.69 Å². The average Bonchev–Trinajstić information content (AvgIpc) is 2.93. The first-order valence-electron chi connectivity index (χ1n) is 8.11. The summed E-state index contributed by atoms with van der Waals surface area (Å²) in [6, 6.07) is 0.230. The van der Waals surface area contributed by atoms with E-state index in [0.29, 0.717) is 0 Å².